The van der Waals surface area contributed by atoms with Gasteiger partial charge < -0.3 is 4.74 Å². The second-order valence-electron chi connectivity index (χ2n) is 5.65. The fourth-order valence-corrected chi connectivity index (χ4v) is 4.95. The van der Waals surface area contributed by atoms with E-state index in [1.165, 1.54) is 22.5 Å². The van der Waals surface area contributed by atoms with Crippen molar-refractivity contribution in [1.82, 2.24) is 4.31 Å². The summed E-state index contributed by atoms with van der Waals surface area (Å²) in [6, 6.07) is 4.79. The predicted octanol–water partition coefficient (Wildman–Crippen LogP) is 1.58. The first-order chi connectivity index (χ1) is 10.5. The summed E-state index contributed by atoms with van der Waals surface area (Å²) in [6.07, 6.45) is 1.92. The Balaban J connectivity index is 1.96. The van der Waals surface area contributed by atoms with Crippen LogP contribution in [0.25, 0.3) is 0 Å². The second-order valence-corrected chi connectivity index (χ2v) is 7.51. The topological polar surface area (TPSA) is 63.7 Å². The van der Waals surface area contributed by atoms with E-state index in [2.05, 4.69) is 0 Å². The molecule has 1 saturated heterocycles. The van der Waals surface area contributed by atoms with Gasteiger partial charge in [0.1, 0.15) is 16.5 Å². The molecule has 1 aliphatic carbocycles. The molecular weight excluding hydrogens is 309 g/mol. The molecular formula is C15H18FNO4S. The van der Waals surface area contributed by atoms with E-state index in [1.54, 1.807) is 0 Å². The van der Waals surface area contributed by atoms with Crippen molar-refractivity contribution in [2.45, 2.75) is 30.2 Å². The van der Waals surface area contributed by atoms with Crippen molar-refractivity contribution in [3.63, 3.8) is 0 Å². The fourth-order valence-electron chi connectivity index (χ4n) is 3.25. The van der Waals surface area contributed by atoms with Gasteiger partial charge in [0.2, 0.25) is 10.0 Å². The van der Waals surface area contributed by atoms with Crippen LogP contribution in [0.3, 0.4) is 0 Å². The molecule has 3 rings (SSSR count). The smallest absolute Gasteiger partial charge is 0.246 e. The predicted molar refractivity (Wildman–Crippen MR) is 77.2 cm³/mol. The van der Waals surface area contributed by atoms with Crippen LogP contribution in [-0.4, -0.2) is 44.3 Å². The molecule has 1 aliphatic heterocycles. The van der Waals surface area contributed by atoms with E-state index in [0.29, 0.717) is 12.8 Å². The quantitative estimate of drug-likeness (QED) is 0.846. The first kappa shape index (κ1) is 15.6. The van der Waals surface area contributed by atoms with E-state index in [-0.39, 0.29) is 36.4 Å². The third-order valence-corrected chi connectivity index (χ3v) is 6.31. The summed E-state index contributed by atoms with van der Waals surface area (Å²) >= 11 is 0. The number of morpholine rings is 1. The van der Waals surface area contributed by atoms with Gasteiger partial charge in [-0.2, -0.15) is 4.31 Å². The monoisotopic (exact) mass is 327 g/mol. The van der Waals surface area contributed by atoms with Gasteiger partial charge in [0.25, 0.3) is 0 Å². The standard InChI is InChI=1S/C15H18FNO4S/c16-12-5-1-2-7-15(12)22(19,20)17-8-9-21-10-13(17)11-4-3-6-14(11)18/h1-2,5,7,11,13H,3-4,6,8-10H2/t11-,13-/m0/s1. The number of hydrogen-bond acceptors (Lipinski definition) is 4. The SMILES string of the molecule is O=C1CCC[C@H]1[C@@H]1COCCN1S(=O)(=O)c1ccccc1F. The molecule has 2 aliphatic rings. The molecule has 1 aromatic rings. The first-order valence-electron chi connectivity index (χ1n) is 7.38. The number of ketones is 1. The zero-order valence-electron chi connectivity index (χ0n) is 12.1. The van der Waals surface area contributed by atoms with Gasteiger partial charge in [-0.15, -0.1) is 0 Å². The van der Waals surface area contributed by atoms with E-state index >= 15 is 0 Å². The lowest BCUT2D eigenvalue weighted by atomic mass is 9.97. The van der Waals surface area contributed by atoms with Crippen LogP contribution >= 0.6 is 0 Å². The Morgan fingerprint density at radius 1 is 1.27 bits per heavy atom. The van der Waals surface area contributed by atoms with Crippen LogP contribution in [0.5, 0.6) is 0 Å². The molecule has 0 N–H and O–H groups in total. The lowest BCUT2D eigenvalue weighted by molar-refractivity contribution is -0.123. The Kier molecular flexibility index (Phi) is 4.29. The summed E-state index contributed by atoms with van der Waals surface area (Å²) in [5, 5.41) is 0. The molecule has 1 saturated carbocycles. The molecule has 0 unspecified atom stereocenters. The van der Waals surface area contributed by atoms with Gasteiger partial charge in [0, 0.05) is 18.9 Å². The van der Waals surface area contributed by atoms with Crippen molar-refractivity contribution in [1.29, 1.82) is 0 Å². The number of carbonyl (C=O) groups is 1. The van der Waals surface area contributed by atoms with Gasteiger partial charge >= 0.3 is 0 Å². The Bertz CT molecular complexity index is 676. The number of Topliss-reactive ketones (excluding diaryl/α,β-unsaturated/α-hetero) is 1. The number of carbonyl (C=O) groups excluding carboxylic acids is 1. The molecule has 0 amide bonds. The van der Waals surface area contributed by atoms with Crippen molar-refractivity contribution in [3.05, 3.63) is 30.1 Å². The van der Waals surface area contributed by atoms with Crippen LogP contribution in [-0.2, 0) is 19.6 Å². The largest absolute Gasteiger partial charge is 0.378 e. The summed E-state index contributed by atoms with van der Waals surface area (Å²) in [5.74, 6) is -1.04. The highest BCUT2D eigenvalue weighted by Crippen LogP contribution is 2.32. The third-order valence-electron chi connectivity index (χ3n) is 4.35. The van der Waals surface area contributed by atoms with E-state index in [4.69, 9.17) is 4.74 Å². The highest BCUT2D eigenvalue weighted by atomic mass is 32.2. The molecule has 0 radical (unpaired) electrons. The van der Waals surface area contributed by atoms with Crippen molar-refractivity contribution in [2.24, 2.45) is 5.92 Å². The van der Waals surface area contributed by atoms with Gasteiger partial charge in [-0.3, -0.25) is 4.79 Å². The lowest BCUT2D eigenvalue weighted by Gasteiger charge is -2.37. The molecule has 0 bridgehead atoms. The first-order valence-corrected chi connectivity index (χ1v) is 8.82. The molecule has 5 nitrogen and oxygen atoms in total. The fraction of sp³-hybridized carbons (Fsp3) is 0.533. The molecule has 0 spiro atoms. The Morgan fingerprint density at radius 3 is 2.73 bits per heavy atom. The van der Waals surface area contributed by atoms with Crippen molar-refractivity contribution >= 4 is 15.8 Å². The summed E-state index contributed by atoms with van der Waals surface area (Å²) < 4.78 is 46.2. The average Bonchev–Trinajstić information content (AvgIpc) is 2.93. The van der Waals surface area contributed by atoms with E-state index in [0.717, 1.165) is 12.5 Å². The van der Waals surface area contributed by atoms with Crippen molar-refractivity contribution in [2.75, 3.05) is 19.8 Å². The number of halogens is 1. The average molecular weight is 327 g/mol. The number of hydrogen-bond donors (Lipinski definition) is 0. The molecule has 120 valence electrons. The molecule has 7 heteroatoms. The van der Waals surface area contributed by atoms with E-state index in [1.807, 2.05) is 0 Å². The van der Waals surface area contributed by atoms with Crippen LogP contribution < -0.4 is 0 Å². The summed E-state index contributed by atoms with van der Waals surface area (Å²) in [5.41, 5.74) is 0. The zero-order chi connectivity index (χ0) is 15.7. The number of benzene rings is 1. The molecule has 22 heavy (non-hydrogen) atoms. The third kappa shape index (κ3) is 2.68. The number of nitrogens with zero attached hydrogens (tertiary/aromatic N) is 1. The highest BCUT2D eigenvalue weighted by Gasteiger charge is 2.43. The lowest BCUT2D eigenvalue weighted by Crippen LogP contribution is -2.53. The van der Waals surface area contributed by atoms with Crippen LogP contribution in [0.15, 0.2) is 29.2 Å². The van der Waals surface area contributed by atoms with Gasteiger partial charge in [-0.1, -0.05) is 12.1 Å². The van der Waals surface area contributed by atoms with E-state index < -0.39 is 21.9 Å². The maximum atomic E-state index is 13.9. The molecule has 0 aromatic heterocycles. The Labute approximate surface area is 129 Å². The van der Waals surface area contributed by atoms with Crippen LogP contribution in [0.4, 0.5) is 4.39 Å². The van der Waals surface area contributed by atoms with Gasteiger partial charge in [-0.05, 0) is 25.0 Å². The minimum Gasteiger partial charge on any atom is -0.378 e. The molecule has 1 aromatic carbocycles. The minimum absolute atomic E-state index is 0.0734. The van der Waals surface area contributed by atoms with Crippen molar-refractivity contribution in [3.8, 4) is 0 Å². The zero-order valence-corrected chi connectivity index (χ0v) is 12.9. The van der Waals surface area contributed by atoms with Crippen LogP contribution in [0.2, 0.25) is 0 Å². The van der Waals surface area contributed by atoms with Gasteiger partial charge in [0.15, 0.2) is 0 Å². The normalized spacial score (nSPS) is 27.2. The maximum Gasteiger partial charge on any atom is 0.246 e. The van der Waals surface area contributed by atoms with Crippen molar-refractivity contribution < 1.29 is 22.3 Å². The summed E-state index contributed by atoms with van der Waals surface area (Å²) in [6.45, 7) is 0.584. The summed E-state index contributed by atoms with van der Waals surface area (Å²) in [4.78, 5) is 11.7. The van der Waals surface area contributed by atoms with Crippen LogP contribution in [0.1, 0.15) is 19.3 Å². The molecule has 1 heterocycles. The number of ether oxygens (including phenoxy) is 1. The second kappa shape index (κ2) is 6.06. The molecule has 2 fully saturated rings. The number of rotatable bonds is 3. The van der Waals surface area contributed by atoms with E-state index in [9.17, 15) is 17.6 Å². The number of sulfonamides is 1. The van der Waals surface area contributed by atoms with Gasteiger partial charge in [-0.25, -0.2) is 12.8 Å². The van der Waals surface area contributed by atoms with Gasteiger partial charge in [0.05, 0.1) is 19.3 Å². The minimum atomic E-state index is -3.98. The maximum absolute atomic E-state index is 13.9. The highest BCUT2D eigenvalue weighted by molar-refractivity contribution is 7.89. The summed E-state index contributed by atoms with van der Waals surface area (Å²) in [7, 11) is -3.98. The Morgan fingerprint density at radius 2 is 2.05 bits per heavy atom. The Hall–Kier alpha value is -1.31. The van der Waals surface area contributed by atoms with Crippen LogP contribution in [0, 0.1) is 11.7 Å². The molecule has 2 atom stereocenters.